The molecule has 0 aliphatic rings. The van der Waals surface area contributed by atoms with E-state index in [2.05, 4.69) is 27.2 Å². The van der Waals surface area contributed by atoms with E-state index in [1.165, 1.54) is 6.33 Å². The van der Waals surface area contributed by atoms with Gasteiger partial charge in [0.1, 0.15) is 6.33 Å². The molecule has 0 radical (unpaired) electrons. The zero-order valence-electron chi connectivity index (χ0n) is 12.0. The number of amides is 1. The van der Waals surface area contributed by atoms with Crippen LogP contribution in [0.3, 0.4) is 0 Å². The Balaban J connectivity index is 2.16. The number of imidazole rings is 1. The molecule has 2 heterocycles. The lowest BCUT2D eigenvalue weighted by atomic mass is 10.2. The van der Waals surface area contributed by atoms with Crippen molar-refractivity contribution in [2.45, 2.75) is 33.7 Å². The second-order valence-corrected chi connectivity index (χ2v) is 4.95. The number of aryl methyl sites for hydroxylation is 1. The number of ether oxygens (including phenoxy) is 1. The zero-order valence-corrected chi connectivity index (χ0v) is 12.0. The molecule has 0 aliphatic heterocycles. The van der Waals surface area contributed by atoms with Crippen LogP contribution >= 0.6 is 0 Å². The minimum Gasteiger partial charge on any atom is -0.449 e. The SMILES string of the molecule is CCCn1cnc2c(NC(=O)OCC(C)C)ncnc21. The maximum Gasteiger partial charge on any atom is 0.412 e. The van der Waals surface area contributed by atoms with Crippen LogP contribution < -0.4 is 5.32 Å². The molecule has 0 saturated heterocycles. The van der Waals surface area contributed by atoms with E-state index in [9.17, 15) is 4.79 Å². The maximum absolute atomic E-state index is 11.7. The Morgan fingerprint density at radius 3 is 2.90 bits per heavy atom. The number of hydrogen-bond donors (Lipinski definition) is 1. The Kier molecular flexibility index (Phi) is 4.49. The van der Waals surface area contributed by atoms with Gasteiger partial charge in [0, 0.05) is 6.54 Å². The summed E-state index contributed by atoms with van der Waals surface area (Å²) in [5.41, 5.74) is 1.28. The monoisotopic (exact) mass is 277 g/mol. The molecule has 1 amide bonds. The molecule has 0 bridgehead atoms. The van der Waals surface area contributed by atoms with Crippen LogP contribution in [-0.2, 0) is 11.3 Å². The molecule has 0 aromatic carbocycles. The molecule has 0 spiro atoms. The Hall–Kier alpha value is -2.18. The van der Waals surface area contributed by atoms with Crippen LogP contribution in [0.1, 0.15) is 27.2 Å². The van der Waals surface area contributed by atoms with Crippen LogP contribution in [0.4, 0.5) is 10.6 Å². The molecule has 0 unspecified atom stereocenters. The van der Waals surface area contributed by atoms with Crippen LogP contribution in [-0.4, -0.2) is 32.2 Å². The largest absolute Gasteiger partial charge is 0.449 e. The fourth-order valence-electron chi connectivity index (χ4n) is 1.75. The van der Waals surface area contributed by atoms with Crippen LogP contribution in [0.25, 0.3) is 11.2 Å². The van der Waals surface area contributed by atoms with Gasteiger partial charge in [-0.3, -0.25) is 5.32 Å². The predicted octanol–water partition coefficient (Wildman–Crippen LogP) is 2.44. The summed E-state index contributed by atoms with van der Waals surface area (Å²) in [6.07, 6.45) is 3.57. The second-order valence-electron chi connectivity index (χ2n) is 4.95. The van der Waals surface area contributed by atoms with Crippen molar-refractivity contribution in [3.8, 4) is 0 Å². The summed E-state index contributed by atoms with van der Waals surface area (Å²) >= 11 is 0. The van der Waals surface area contributed by atoms with Gasteiger partial charge in [-0.15, -0.1) is 0 Å². The highest BCUT2D eigenvalue weighted by Gasteiger charge is 2.13. The number of hydrogen-bond acceptors (Lipinski definition) is 5. The van der Waals surface area contributed by atoms with Gasteiger partial charge in [-0.2, -0.15) is 0 Å². The second kappa shape index (κ2) is 6.31. The highest BCUT2D eigenvalue weighted by molar-refractivity contribution is 5.93. The van der Waals surface area contributed by atoms with E-state index in [1.54, 1.807) is 6.33 Å². The van der Waals surface area contributed by atoms with Crippen molar-refractivity contribution in [1.29, 1.82) is 0 Å². The molecule has 2 rings (SSSR count). The quantitative estimate of drug-likeness (QED) is 0.907. The molecule has 1 N–H and O–H groups in total. The molecule has 108 valence electrons. The van der Waals surface area contributed by atoms with E-state index in [0.717, 1.165) is 13.0 Å². The molecule has 0 saturated carbocycles. The first kappa shape index (κ1) is 14.2. The van der Waals surface area contributed by atoms with Gasteiger partial charge in [0.2, 0.25) is 0 Å². The highest BCUT2D eigenvalue weighted by Crippen LogP contribution is 2.17. The topological polar surface area (TPSA) is 81.9 Å². The van der Waals surface area contributed by atoms with Gasteiger partial charge in [-0.05, 0) is 12.3 Å². The minimum absolute atomic E-state index is 0.287. The lowest BCUT2D eigenvalue weighted by molar-refractivity contribution is 0.147. The van der Waals surface area contributed by atoms with Crippen molar-refractivity contribution in [2.24, 2.45) is 5.92 Å². The number of fused-ring (bicyclic) bond motifs is 1. The van der Waals surface area contributed by atoms with Crippen LogP contribution in [0, 0.1) is 5.92 Å². The zero-order chi connectivity index (χ0) is 14.5. The average molecular weight is 277 g/mol. The molecule has 0 fully saturated rings. The summed E-state index contributed by atoms with van der Waals surface area (Å²) < 4.78 is 7.00. The Morgan fingerprint density at radius 2 is 2.20 bits per heavy atom. The third-order valence-corrected chi connectivity index (χ3v) is 2.63. The molecule has 2 aromatic rings. The standard InChI is InChI=1S/C13H19N5O2/c1-4-5-18-8-16-10-11(14-7-15-12(10)18)17-13(19)20-6-9(2)3/h7-9H,4-6H2,1-3H3,(H,14,15,17,19). The van der Waals surface area contributed by atoms with Crippen molar-refractivity contribution in [3.05, 3.63) is 12.7 Å². The summed E-state index contributed by atoms with van der Waals surface area (Å²) in [5.74, 6) is 0.661. The van der Waals surface area contributed by atoms with Crippen molar-refractivity contribution in [1.82, 2.24) is 19.5 Å². The van der Waals surface area contributed by atoms with Gasteiger partial charge in [0.15, 0.2) is 17.0 Å². The highest BCUT2D eigenvalue weighted by atomic mass is 16.5. The Bertz CT molecular complexity index is 593. The van der Waals surface area contributed by atoms with E-state index in [0.29, 0.717) is 23.6 Å². The Labute approximate surface area is 117 Å². The number of nitrogens with one attached hydrogen (secondary N) is 1. The summed E-state index contributed by atoms with van der Waals surface area (Å²) in [4.78, 5) is 24.2. The summed E-state index contributed by atoms with van der Waals surface area (Å²) in [6.45, 7) is 7.22. The summed E-state index contributed by atoms with van der Waals surface area (Å²) in [7, 11) is 0. The van der Waals surface area contributed by atoms with Gasteiger partial charge in [-0.1, -0.05) is 20.8 Å². The van der Waals surface area contributed by atoms with Gasteiger partial charge in [-0.25, -0.2) is 19.7 Å². The number of carbonyl (C=O) groups is 1. The van der Waals surface area contributed by atoms with E-state index in [-0.39, 0.29) is 5.92 Å². The lowest BCUT2D eigenvalue weighted by Gasteiger charge is -2.08. The van der Waals surface area contributed by atoms with Gasteiger partial charge < -0.3 is 9.30 Å². The first-order valence-corrected chi connectivity index (χ1v) is 6.71. The summed E-state index contributed by atoms with van der Waals surface area (Å²) in [6, 6.07) is 0. The Morgan fingerprint density at radius 1 is 1.40 bits per heavy atom. The molecule has 20 heavy (non-hydrogen) atoms. The number of carbonyl (C=O) groups excluding carboxylic acids is 1. The van der Waals surface area contributed by atoms with Gasteiger partial charge in [0.25, 0.3) is 0 Å². The van der Waals surface area contributed by atoms with Gasteiger partial charge >= 0.3 is 6.09 Å². The smallest absolute Gasteiger partial charge is 0.412 e. The third kappa shape index (κ3) is 3.23. The molecule has 2 aromatic heterocycles. The van der Waals surface area contributed by atoms with E-state index in [4.69, 9.17) is 4.74 Å². The van der Waals surface area contributed by atoms with Crippen molar-refractivity contribution >= 4 is 23.1 Å². The van der Waals surface area contributed by atoms with Crippen LogP contribution in [0.2, 0.25) is 0 Å². The van der Waals surface area contributed by atoms with E-state index < -0.39 is 6.09 Å². The fourth-order valence-corrected chi connectivity index (χ4v) is 1.75. The van der Waals surface area contributed by atoms with E-state index in [1.807, 2.05) is 18.4 Å². The minimum atomic E-state index is -0.524. The summed E-state index contributed by atoms with van der Waals surface area (Å²) in [5, 5.41) is 2.61. The van der Waals surface area contributed by atoms with Crippen molar-refractivity contribution < 1.29 is 9.53 Å². The number of aromatic nitrogens is 4. The predicted molar refractivity (Wildman–Crippen MR) is 75.4 cm³/mol. The van der Waals surface area contributed by atoms with Crippen molar-refractivity contribution in [2.75, 3.05) is 11.9 Å². The number of anilines is 1. The normalized spacial score (nSPS) is 11.0. The van der Waals surface area contributed by atoms with Gasteiger partial charge in [0.05, 0.1) is 12.9 Å². The number of rotatable bonds is 5. The molecule has 7 nitrogen and oxygen atoms in total. The third-order valence-electron chi connectivity index (χ3n) is 2.63. The maximum atomic E-state index is 11.7. The number of nitrogens with zero attached hydrogens (tertiary/aromatic N) is 4. The van der Waals surface area contributed by atoms with Crippen LogP contribution in [0.5, 0.6) is 0 Å². The first-order valence-electron chi connectivity index (χ1n) is 6.71. The van der Waals surface area contributed by atoms with Crippen LogP contribution in [0.15, 0.2) is 12.7 Å². The average Bonchev–Trinajstić information content (AvgIpc) is 2.82. The van der Waals surface area contributed by atoms with Crippen molar-refractivity contribution in [3.63, 3.8) is 0 Å². The first-order chi connectivity index (χ1) is 9.61. The lowest BCUT2D eigenvalue weighted by Crippen LogP contribution is -2.17. The molecule has 0 aliphatic carbocycles. The van der Waals surface area contributed by atoms with E-state index >= 15 is 0 Å². The molecule has 7 heteroatoms. The molecular formula is C13H19N5O2. The molecule has 0 atom stereocenters. The fraction of sp³-hybridized carbons (Fsp3) is 0.538. The molecular weight excluding hydrogens is 258 g/mol.